The molecule has 84 valence electrons. The fourth-order valence-electron chi connectivity index (χ4n) is 2.00. The highest BCUT2D eigenvalue weighted by Gasteiger charge is 2.28. The van der Waals surface area contributed by atoms with Crippen LogP contribution in [0.25, 0.3) is 0 Å². The summed E-state index contributed by atoms with van der Waals surface area (Å²) in [7, 11) is 0. The Labute approximate surface area is 94.0 Å². The van der Waals surface area contributed by atoms with Crippen LogP contribution >= 0.6 is 0 Å². The van der Waals surface area contributed by atoms with Gasteiger partial charge in [-0.05, 0) is 12.0 Å². The molecule has 0 saturated carbocycles. The van der Waals surface area contributed by atoms with E-state index in [9.17, 15) is 4.79 Å². The van der Waals surface area contributed by atoms with Gasteiger partial charge in [-0.2, -0.15) is 0 Å². The van der Waals surface area contributed by atoms with Crippen LogP contribution in [0.4, 0.5) is 0 Å². The van der Waals surface area contributed by atoms with Crippen LogP contribution in [-0.4, -0.2) is 22.6 Å². The van der Waals surface area contributed by atoms with Crippen LogP contribution in [0.5, 0.6) is 0 Å². The summed E-state index contributed by atoms with van der Waals surface area (Å²) in [5.41, 5.74) is 1.28. The standard InChI is InChI=1S/C12H14N2O2/c13-14-8-4-7-10(12(15)16)11(14)9-5-2-1-3-6-9/h1-3,5-7,11H,4,8,13H2,(H,15,16). The largest absolute Gasteiger partial charge is 0.478 e. The second kappa shape index (κ2) is 4.47. The molecule has 0 bridgehead atoms. The molecule has 4 heteroatoms. The summed E-state index contributed by atoms with van der Waals surface area (Å²) in [5.74, 6) is 4.97. The minimum Gasteiger partial charge on any atom is -0.478 e. The Morgan fingerprint density at radius 3 is 2.69 bits per heavy atom. The van der Waals surface area contributed by atoms with Crippen LogP contribution in [0.3, 0.4) is 0 Å². The average Bonchev–Trinajstić information content (AvgIpc) is 2.29. The van der Waals surface area contributed by atoms with E-state index < -0.39 is 5.97 Å². The molecule has 0 aliphatic carbocycles. The van der Waals surface area contributed by atoms with Crippen molar-refractivity contribution < 1.29 is 9.90 Å². The monoisotopic (exact) mass is 218 g/mol. The van der Waals surface area contributed by atoms with Crippen LogP contribution < -0.4 is 5.84 Å². The third kappa shape index (κ3) is 1.98. The maximum Gasteiger partial charge on any atom is 0.333 e. The Balaban J connectivity index is 2.39. The van der Waals surface area contributed by atoms with Gasteiger partial charge in [0.15, 0.2) is 0 Å². The molecule has 1 aromatic rings. The Kier molecular flexibility index (Phi) is 3.03. The van der Waals surface area contributed by atoms with Crippen LogP contribution in [-0.2, 0) is 4.79 Å². The van der Waals surface area contributed by atoms with Crippen molar-refractivity contribution in [1.82, 2.24) is 5.01 Å². The highest BCUT2D eigenvalue weighted by atomic mass is 16.4. The lowest BCUT2D eigenvalue weighted by molar-refractivity contribution is -0.133. The van der Waals surface area contributed by atoms with Gasteiger partial charge in [-0.25, -0.2) is 9.80 Å². The van der Waals surface area contributed by atoms with Crippen molar-refractivity contribution in [2.75, 3.05) is 6.54 Å². The number of aliphatic carboxylic acids is 1. The maximum absolute atomic E-state index is 11.1. The minimum atomic E-state index is -0.899. The second-order valence-electron chi connectivity index (χ2n) is 3.80. The summed E-state index contributed by atoms with van der Waals surface area (Å²) in [4.78, 5) is 11.1. The smallest absolute Gasteiger partial charge is 0.333 e. The highest BCUT2D eigenvalue weighted by Crippen LogP contribution is 2.29. The van der Waals surface area contributed by atoms with Crippen LogP contribution in [0.1, 0.15) is 18.0 Å². The first-order valence-electron chi connectivity index (χ1n) is 5.20. The number of carboxylic acid groups (broad SMARTS) is 1. The van der Waals surface area contributed by atoms with E-state index in [0.717, 1.165) is 5.56 Å². The van der Waals surface area contributed by atoms with E-state index in [2.05, 4.69) is 0 Å². The number of carboxylic acids is 1. The molecule has 1 aromatic carbocycles. The molecule has 0 amide bonds. The predicted octanol–water partition coefficient (Wildman–Crippen LogP) is 1.32. The molecule has 3 N–H and O–H groups in total. The SMILES string of the molecule is NN1CCC=C(C(=O)O)C1c1ccccc1. The number of carbonyl (C=O) groups is 1. The molecule has 1 aliphatic heterocycles. The molecule has 2 rings (SSSR count). The maximum atomic E-state index is 11.1. The average molecular weight is 218 g/mol. The Hall–Kier alpha value is -1.65. The molecule has 0 radical (unpaired) electrons. The zero-order valence-electron chi connectivity index (χ0n) is 8.84. The molecule has 1 heterocycles. The zero-order chi connectivity index (χ0) is 11.5. The zero-order valence-corrected chi connectivity index (χ0v) is 8.84. The molecule has 4 nitrogen and oxygen atoms in total. The van der Waals surface area contributed by atoms with Crippen molar-refractivity contribution in [1.29, 1.82) is 0 Å². The quantitative estimate of drug-likeness (QED) is 0.735. The van der Waals surface area contributed by atoms with Gasteiger partial charge in [-0.15, -0.1) is 0 Å². The van der Waals surface area contributed by atoms with Gasteiger partial charge in [0.05, 0.1) is 11.6 Å². The van der Waals surface area contributed by atoms with Crippen molar-refractivity contribution >= 4 is 5.97 Å². The third-order valence-corrected chi connectivity index (χ3v) is 2.74. The van der Waals surface area contributed by atoms with Gasteiger partial charge in [0, 0.05) is 6.54 Å². The summed E-state index contributed by atoms with van der Waals surface area (Å²) in [5, 5.41) is 10.7. The van der Waals surface area contributed by atoms with E-state index in [-0.39, 0.29) is 6.04 Å². The summed E-state index contributed by atoms with van der Waals surface area (Å²) < 4.78 is 0. The van der Waals surface area contributed by atoms with Gasteiger partial charge in [-0.3, -0.25) is 5.84 Å². The fraction of sp³-hybridized carbons (Fsp3) is 0.250. The third-order valence-electron chi connectivity index (χ3n) is 2.74. The number of hydrogen-bond donors (Lipinski definition) is 2. The summed E-state index contributed by atoms with van der Waals surface area (Å²) in [6.45, 7) is 0.677. The second-order valence-corrected chi connectivity index (χ2v) is 3.80. The minimum absolute atomic E-state index is 0.340. The lowest BCUT2D eigenvalue weighted by atomic mass is 9.94. The molecule has 0 fully saturated rings. The number of hydrogen-bond acceptors (Lipinski definition) is 3. The van der Waals surface area contributed by atoms with Crippen LogP contribution in [0.15, 0.2) is 42.0 Å². The molecule has 1 unspecified atom stereocenters. The Morgan fingerprint density at radius 2 is 2.06 bits per heavy atom. The number of hydrazine groups is 1. The van der Waals surface area contributed by atoms with Gasteiger partial charge in [0.25, 0.3) is 0 Å². The molecule has 16 heavy (non-hydrogen) atoms. The topological polar surface area (TPSA) is 66.6 Å². The highest BCUT2D eigenvalue weighted by molar-refractivity contribution is 5.88. The van der Waals surface area contributed by atoms with Crippen molar-refractivity contribution in [3.63, 3.8) is 0 Å². The lowest BCUT2D eigenvalue weighted by Gasteiger charge is -2.31. The number of nitrogens with zero attached hydrogens (tertiary/aromatic N) is 1. The molecular weight excluding hydrogens is 204 g/mol. The van der Waals surface area contributed by atoms with E-state index in [1.165, 1.54) is 0 Å². The lowest BCUT2D eigenvalue weighted by Crippen LogP contribution is -2.40. The van der Waals surface area contributed by atoms with Crippen LogP contribution in [0.2, 0.25) is 0 Å². The number of nitrogens with two attached hydrogens (primary N) is 1. The Morgan fingerprint density at radius 1 is 1.38 bits per heavy atom. The summed E-state index contributed by atoms with van der Waals surface area (Å²) in [6, 6.07) is 9.12. The van der Waals surface area contributed by atoms with Crippen LogP contribution in [0, 0.1) is 0 Å². The van der Waals surface area contributed by atoms with Crippen molar-refractivity contribution in [2.45, 2.75) is 12.5 Å². The number of benzene rings is 1. The van der Waals surface area contributed by atoms with Gasteiger partial charge in [-0.1, -0.05) is 36.4 Å². The van der Waals surface area contributed by atoms with E-state index in [1.807, 2.05) is 30.3 Å². The molecule has 0 aromatic heterocycles. The van der Waals surface area contributed by atoms with Crippen molar-refractivity contribution in [2.24, 2.45) is 5.84 Å². The fourth-order valence-corrected chi connectivity index (χ4v) is 2.00. The Bertz CT molecular complexity index is 414. The van der Waals surface area contributed by atoms with Crippen molar-refractivity contribution in [3.05, 3.63) is 47.5 Å². The van der Waals surface area contributed by atoms with E-state index in [0.29, 0.717) is 18.5 Å². The number of rotatable bonds is 2. The summed E-state index contributed by atoms with van der Waals surface area (Å²) in [6.07, 6.45) is 2.44. The molecule has 0 spiro atoms. The van der Waals surface area contributed by atoms with Gasteiger partial charge in [0.1, 0.15) is 0 Å². The van der Waals surface area contributed by atoms with E-state index in [4.69, 9.17) is 10.9 Å². The normalized spacial score (nSPS) is 21.6. The predicted molar refractivity (Wildman–Crippen MR) is 60.4 cm³/mol. The first-order valence-corrected chi connectivity index (χ1v) is 5.20. The molecule has 0 saturated heterocycles. The van der Waals surface area contributed by atoms with Gasteiger partial charge in [0.2, 0.25) is 0 Å². The van der Waals surface area contributed by atoms with E-state index >= 15 is 0 Å². The first-order chi connectivity index (χ1) is 7.70. The van der Waals surface area contributed by atoms with Gasteiger partial charge < -0.3 is 5.11 Å². The van der Waals surface area contributed by atoms with Gasteiger partial charge >= 0.3 is 5.97 Å². The van der Waals surface area contributed by atoms with Crippen molar-refractivity contribution in [3.8, 4) is 0 Å². The van der Waals surface area contributed by atoms with E-state index in [1.54, 1.807) is 11.1 Å². The molecule has 1 atom stereocenters. The first kappa shape index (κ1) is 10.9. The molecular formula is C12H14N2O2. The molecule has 1 aliphatic rings. The summed E-state index contributed by atoms with van der Waals surface area (Å²) >= 11 is 0.